The summed E-state index contributed by atoms with van der Waals surface area (Å²) in [4.78, 5) is 0. The number of benzene rings is 1. The molecule has 0 spiro atoms. The summed E-state index contributed by atoms with van der Waals surface area (Å²) in [6.07, 6.45) is 9.06. The quantitative estimate of drug-likeness (QED) is 0.873. The number of halogens is 1. The topological polar surface area (TPSA) is 38.0 Å². The molecule has 0 aromatic heterocycles. The first-order chi connectivity index (χ1) is 8.74. The van der Waals surface area contributed by atoms with E-state index >= 15 is 0 Å². The van der Waals surface area contributed by atoms with Gasteiger partial charge in [-0.05, 0) is 37.1 Å². The van der Waals surface area contributed by atoms with Gasteiger partial charge in [0.2, 0.25) is 0 Å². The Labute approximate surface area is 118 Å². The van der Waals surface area contributed by atoms with Crippen molar-refractivity contribution in [2.45, 2.75) is 50.5 Å². The van der Waals surface area contributed by atoms with Crippen LogP contribution in [-0.2, 0) is 0 Å². The molecule has 2 nitrogen and oxygen atoms in total. The fourth-order valence-corrected chi connectivity index (χ4v) is 3.07. The van der Waals surface area contributed by atoms with Gasteiger partial charge < -0.3 is 11.1 Å². The minimum atomic E-state index is 0.105. The summed E-state index contributed by atoms with van der Waals surface area (Å²) in [5.41, 5.74) is 7.35. The number of nitrogens with one attached hydrogen (secondary N) is 1. The zero-order valence-electron chi connectivity index (χ0n) is 10.9. The molecule has 0 unspecified atom stereocenters. The van der Waals surface area contributed by atoms with Gasteiger partial charge in [-0.2, -0.15) is 0 Å². The van der Waals surface area contributed by atoms with Crippen LogP contribution in [0.15, 0.2) is 28.7 Å². The van der Waals surface area contributed by atoms with Gasteiger partial charge in [-0.25, -0.2) is 0 Å². The van der Waals surface area contributed by atoms with E-state index in [-0.39, 0.29) is 5.54 Å². The smallest absolute Gasteiger partial charge is 0.0495 e. The van der Waals surface area contributed by atoms with E-state index in [2.05, 4.69) is 45.5 Å². The predicted octanol–water partition coefficient (Wildman–Crippen LogP) is 4.30. The van der Waals surface area contributed by atoms with Gasteiger partial charge in [0.25, 0.3) is 0 Å². The zero-order chi connectivity index (χ0) is 12.8. The lowest BCUT2D eigenvalue weighted by molar-refractivity contribution is 0.351. The van der Waals surface area contributed by atoms with E-state index in [1.54, 1.807) is 0 Å². The highest BCUT2D eigenvalue weighted by Gasteiger charge is 2.28. The molecule has 0 atom stereocenters. The Kier molecular flexibility index (Phi) is 5.07. The van der Waals surface area contributed by atoms with Gasteiger partial charge in [-0.15, -0.1) is 0 Å². The Morgan fingerprint density at radius 1 is 1.00 bits per heavy atom. The molecule has 1 aliphatic carbocycles. The lowest BCUT2D eigenvalue weighted by atomic mass is 9.83. The molecule has 1 aromatic rings. The molecule has 18 heavy (non-hydrogen) atoms. The molecule has 0 saturated heterocycles. The van der Waals surface area contributed by atoms with Crippen LogP contribution in [0.3, 0.4) is 0 Å². The van der Waals surface area contributed by atoms with Crippen molar-refractivity contribution in [1.29, 1.82) is 0 Å². The molecule has 0 amide bonds. The van der Waals surface area contributed by atoms with Crippen molar-refractivity contribution in [1.82, 2.24) is 0 Å². The fraction of sp³-hybridized carbons (Fsp3) is 0.600. The second-order valence-electron chi connectivity index (χ2n) is 5.38. The second kappa shape index (κ2) is 6.58. The van der Waals surface area contributed by atoms with Crippen molar-refractivity contribution < 1.29 is 0 Å². The Hall–Kier alpha value is -0.540. The molecule has 0 heterocycles. The average molecular weight is 311 g/mol. The average Bonchev–Trinajstić information content (AvgIpc) is 2.36. The van der Waals surface area contributed by atoms with E-state index in [1.807, 2.05) is 0 Å². The molecule has 0 bridgehead atoms. The van der Waals surface area contributed by atoms with Gasteiger partial charge in [0, 0.05) is 22.2 Å². The van der Waals surface area contributed by atoms with E-state index in [1.165, 1.54) is 50.6 Å². The van der Waals surface area contributed by atoms with Crippen LogP contribution >= 0.6 is 15.9 Å². The van der Waals surface area contributed by atoms with Crippen LogP contribution in [0.25, 0.3) is 0 Å². The number of rotatable bonds is 3. The van der Waals surface area contributed by atoms with Crippen molar-refractivity contribution in [3.05, 3.63) is 28.7 Å². The fourth-order valence-electron chi connectivity index (χ4n) is 2.80. The molecule has 100 valence electrons. The largest absolute Gasteiger partial charge is 0.378 e. The molecule has 1 saturated carbocycles. The summed E-state index contributed by atoms with van der Waals surface area (Å²) in [5, 5.41) is 3.69. The van der Waals surface area contributed by atoms with Crippen LogP contribution < -0.4 is 11.1 Å². The standard InChI is InChI=1S/C15H23BrN2/c16-13-6-8-14(9-7-13)18-15(12-17)10-4-2-1-3-5-11-15/h6-9,18H,1-5,10-12,17H2. The minimum absolute atomic E-state index is 0.105. The highest BCUT2D eigenvalue weighted by molar-refractivity contribution is 9.10. The normalized spacial score (nSPS) is 19.9. The summed E-state index contributed by atoms with van der Waals surface area (Å²) in [6, 6.07) is 8.41. The van der Waals surface area contributed by atoms with E-state index in [0.29, 0.717) is 0 Å². The van der Waals surface area contributed by atoms with Gasteiger partial charge in [-0.1, -0.05) is 48.0 Å². The Balaban J connectivity index is 2.07. The molecule has 3 N–H and O–H groups in total. The zero-order valence-corrected chi connectivity index (χ0v) is 12.5. The van der Waals surface area contributed by atoms with E-state index < -0.39 is 0 Å². The van der Waals surface area contributed by atoms with Gasteiger partial charge in [0.05, 0.1) is 0 Å². The maximum absolute atomic E-state index is 6.06. The van der Waals surface area contributed by atoms with Gasteiger partial charge in [0.15, 0.2) is 0 Å². The summed E-state index contributed by atoms with van der Waals surface area (Å²) in [5.74, 6) is 0. The third kappa shape index (κ3) is 3.72. The summed E-state index contributed by atoms with van der Waals surface area (Å²) in [7, 11) is 0. The van der Waals surface area contributed by atoms with Gasteiger partial charge >= 0.3 is 0 Å². The monoisotopic (exact) mass is 310 g/mol. The molecular weight excluding hydrogens is 288 g/mol. The lowest BCUT2D eigenvalue weighted by Gasteiger charge is -2.36. The molecule has 0 radical (unpaired) electrons. The number of hydrogen-bond acceptors (Lipinski definition) is 2. The van der Waals surface area contributed by atoms with Crippen molar-refractivity contribution in [2.75, 3.05) is 11.9 Å². The molecule has 0 aliphatic heterocycles. The Bertz CT molecular complexity index is 353. The van der Waals surface area contributed by atoms with Gasteiger partial charge in [0.1, 0.15) is 0 Å². The van der Waals surface area contributed by atoms with Gasteiger partial charge in [-0.3, -0.25) is 0 Å². The van der Waals surface area contributed by atoms with E-state index in [9.17, 15) is 0 Å². The SMILES string of the molecule is NCC1(Nc2ccc(Br)cc2)CCCCCCC1. The maximum atomic E-state index is 6.06. The van der Waals surface area contributed by atoms with Crippen LogP contribution in [0, 0.1) is 0 Å². The highest BCUT2D eigenvalue weighted by Crippen LogP contribution is 2.29. The first-order valence-corrected chi connectivity index (χ1v) is 7.77. The highest BCUT2D eigenvalue weighted by atomic mass is 79.9. The second-order valence-corrected chi connectivity index (χ2v) is 6.30. The molecule has 1 aromatic carbocycles. The van der Waals surface area contributed by atoms with Crippen molar-refractivity contribution in [3.8, 4) is 0 Å². The van der Waals surface area contributed by atoms with Crippen molar-refractivity contribution in [3.63, 3.8) is 0 Å². The van der Waals surface area contributed by atoms with Crippen LogP contribution in [0.1, 0.15) is 44.9 Å². The first kappa shape index (κ1) is 13.9. The number of anilines is 1. The molecule has 1 fully saturated rings. The Morgan fingerprint density at radius 2 is 1.56 bits per heavy atom. The van der Waals surface area contributed by atoms with E-state index in [4.69, 9.17) is 5.73 Å². The molecular formula is C15H23BrN2. The predicted molar refractivity (Wildman–Crippen MR) is 81.9 cm³/mol. The number of hydrogen-bond donors (Lipinski definition) is 2. The maximum Gasteiger partial charge on any atom is 0.0495 e. The van der Waals surface area contributed by atoms with Crippen LogP contribution in [0.5, 0.6) is 0 Å². The Morgan fingerprint density at radius 3 is 2.11 bits per heavy atom. The molecule has 1 aliphatic rings. The minimum Gasteiger partial charge on any atom is -0.378 e. The summed E-state index contributed by atoms with van der Waals surface area (Å²) >= 11 is 3.47. The van der Waals surface area contributed by atoms with Crippen LogP contribution in [0.2, 0.25) is 0 Å². The third-order valence-electron chi connectivity index (χ3n) is 3.96. The first-order valence-electron chi connectivity index (χ1n) is 6.98. The number of nitrogens with two attached hydrogens (primary N) is 1. The van der Waals surface area contributed by atoms with Crippen LogP contribution in [-0.4, -0.2) is 12.1 Å². The van der Waals surface area contributed by atoms with Crippen molar-refractivity contribution in [2.24, 2.45) is 5.73 Å². The summed E-state index contributed by atoms with van der Waals surface area (Å²) in [6.45, 7) is 0.725. The molecule has 3 heteroatoms. The summed E-state index contributed by atoms with van der Waals surface area (Å²) < 4.78 is 1.12. The van der Waals surface area contributed by atoms with E-state index in [0.717, 1.165) is 11.0 Å². The van der Waals surface area contributed by atoms with Crippen molar-refractivity contribution >= 4 is 21.6 Å². The van der Waals surface area contributed by atoms with Crippen LogP contribution in [0.4, 0.5) is 5.69 Å². The third-order valence-corrected chi connectivity index (χ3v) is 4.48. The molecule has 2 rings (SSSR count). The lowest BCUT2D eigenvalue weighted by Crippen LogP contribution is -2.45.